The number of nitro benzene ring substituents is 1. The molecule has 0 saturated heterocycles. The molecule has 0 saturated carbocycles. The summed E-state index contributed by atoms with van der Waals surface area (Å²) in [4.78, 5) is 21.6. The maximum atomic E-state index is 11.6. The first-order valence-corrected chi connectivity index (χ1v) is 6.16. The van der Waals surface area contributed by atoms with Gasteiger partial charge in [0, 0.05) is 12.1 Å². The number of hydrogen-bond donors (Lipinski definition) is 0. The number of carbonyl (C=O) groups excluding carboxylic acids is 1. The molecule has 0 fully saturated rings. The van der Waals surface area contributed by atoms with Crippen LogP contribution in [0.15, 0.2) is 48.5 Å². The van der Waals surface area contributed by atoms with Gasteiger partial charge in [0.2, 0.25) is 0 Å². The summed E-state index contributed by atoms with van der Waals surface area (Å²) in [6, 6.07) is 13.4. The molecule has 0 radical (unpaired) electrons. The quantitative estimate of drug-likeness (QED) is 0.363. The minimum atomic E-state index is -0.622. The van der Waals surface area contributed by atoms with E-state index in [1.165, 1.54) is 48.5 Å². The monoisotopic (exact) mass is 298 g/mol. The fraction of sp³-hybridized carbons (Fsp3) is 0.0667. The van der Waals surface area contributed by atoms with Crippen molar-refractivity contribution >= 4 is 11.7 Å². The van der Waals surface area contributed by atoms with Gasteiger partial charge in [0.05, 0.1) is 16.6 Å². The van der Waals surface area contributed by atoms with Crippen molar-refractivity contribution in [2.45, 2.75) is 0 Å². The molecule has 0 atom stereocenters. The number of rotatable bonds is 5. The molecule has 0 aliphatic carbocycles. The van der Waals surface area contributed by atoms with E-state index in [0.717, 1.165) is 0 Å². The first-order valence-electron chi connectivity index (χ1n) is 6.16. The van der Waals surface area contributed by atoms with Crippen LogP contribution >= 0.6 is 0 Å². The summed E-state index contributed by atoms with van der Waals surface area (Å²) in [5.74, 6) is 0.00161. The van der Waals surface area contributed by atoms with E-state index in [4.69, 9.17) is 14.7 Å². The number of esters is 1. The summed E-state index contributed by atoms with van der Waals surface area (Å²) in [7, 11) is 0. The van der Waals surface area contributed by atoms with Crippen LogP contribution in [0.5, 0.6) is 11.5 Å². The average Bonchev–Trinajstić information content (AvgIpc) is 2.54. The second-order valence-electron chi connectivity index (χ2n) is 4.15. The lowest BCUT2D eigenvalue weighted by Gasteiger charge is -2.06. The SMILES string of the molecule is N#Cc1ccc(OC(=O)COc2ccc([N+](=O)[O-])cc2)cc1. The molecule has 0 aliphatic heterocycles. The number of non-ortho nitro benzene ring substituents is 1. The van der Waals surface area contributed by atoms with E-state index in [9.17, 15) is 14.9 Å². The van der Waals surface area contributed by atoms with Gasteiger partial charge in [0.1, 0.15) is 11.5 Å². The molecular weight excluding hydrogens is 288 g/mol. The van der Waals surface area contributed by atoms with Gasteiger partial charge in [0.15, 0.2) is 6.61 Å². The first-order chi connectivity index (χ1) is 10.6. The second kappa shape index (κ2) is 6.85. The van der Waals surface area contributed by atoms with Crippen molar-refractivity contribution in [1.29, 1.82) is 5.26 Å². The average molecular weight is 298 g/mol. The molecule has 0 N–H and O–H groups in total. The Morgan fingerprint density at radius 1 is 1.09 bits per heavy atom. The summed E-state index contributed by atoms with van der Waals surface area (Å²) in [6.07, 6.45) is 0. The van der Waals surface area contributed by atoms with E-state index < -0.39 is 10.9 Å². The van der Waals surface area contributed by atoms with E-state index in [0.29, 0.717) is 17.1 Å². The molecule has 7 nitrogen and oxygen atoms in total. The van der Waals surface area contributed by atoms with Crippen LogP contribution in [0.3, 0.4) is 0 Å². The summed E-state index contributed by atoms with van der Waals surface area (Å²) < 4.78 is 10.2. The van der Waals surface area contributed by atoms with E-state index in [1.807, 2.05) is 6.07 Å². The molecular formula is C15H10N2O5. The molecule has 110 valence electrons. The minimum absolute atomic E-state index is 0.0625. The Kier molecular flexibility index (Phi) is 4.67. The van der Waals surface area contributed by atoms with Crippen LogP contribution in [0.2, 0.25) is 0 Å². The van der Waals surface area contributed by atoms with Crippen molar-refractivity contribution in [3.05, 3.63) is 64.2 Å². The number of nitriles is 1. The first kappa shape index (κ1) is 15.0. The van der Waals surface area contributed by atoms with Gasteiger partial charge < -0.3 is 9.47 Å². The number of nitrogens with zero attached hydrogens (tertiary/aromatic N) is 2. The Balaban J connectivity index is 1.86. The molecule has 2 aromatic carbocycles. The molecule has 0 aliphatic rings. The van der Waals surface area contributed by atoms with Crippen molar-refractivity contribution in [3.63, 3.8) is 0 Å². The van der Waals surface area contributed by atoms with Crippen molar-refractivity contribution in [2.24, 2.45) is 0 Å². The zero-order chi connectivity index (χ0) is 15.9. The van der Waals surface area contributed by atoms with Gasteiger partial charge >= 0.3 is 5.97 Å². The molecule has 0 amide bonds. The highest BCUT2D eigenvalue weighted by atomic mass is 16.6. The molecule has 2 rings (SSSR count). The Hall–Kier alpha value is -3.40. The smallest absolute Gasteiger partial charge is 0.349 e. The third-order valence-corrected chi connectivity index (χ3v) is 2.62. The predicted molar refractivity (Wildman–Crippen MR) is 75.4 cm³/mol. The van der Waals surface area contributed by atoms with Gasteiger partial charge in [-0.25, -0.2) is 4.79 Å². The van der Waals surface area contributed by atoms with E-state index in [2.05, 4.69) is 0 Å². The zero-order valence-corrected chi connectivity index (χ0v) is 11.3. The van der Waals surface area contributed by atoms with Gasteiger partial charge in [-0.3, -0.25) is 10.1 Å². The molecule has 0 spiro atoms. The summed E-state index contributed by atoms with van der Waals surface area (Å²) >= 11 is 0. The lowest BCUT2D eigenvalue weighted by molar-refractivity contribution is -0.384. The maximum absolute atomic E-state index is 11.6. The third-order valence-electron chi connectivity index (χ3n) is 2.62. The van der Waals surface area contributed by atoms with Crippen LogP contribution in [0.4, 0.5) is 5.69 Å². The van der Waals surface area contributed by atoms with Crippen molar-refractivity contribution in [3.8, 4) is 17.6 Å². The normalized spacial score (nSPS) is 9.59. The fourth-order valence-electron chi connectivity index (χ4n) is 1.56. The topological polar surface area (TPSA) is 102 Å². The number of hydrogen-bond acceptors (Lipinski definition) is 6. The Bertz CT molecular complexity index is 717. The van der Waals surface area contributed by atoms with Crippen LogP contribution < -0.4 is 9.47 Å². The molecule has 7 heteroatoms. The number of nitro groups is 1. The number of ether oxygens (including phenoxy) is 2. The maximum Gasteiger partial charge on any atom is 0.349 e. The van der Waals surface area contributed by atoms with Crippen LogP contribution in [0.25, 0.3) is 0 Å². The largest absolute Gasteiger partial charge is 0.482 e. The molecule has 22 heavy (non-hydrogen) atoms. The Morgan fingerprint density at radius 2 is 1.68 bits per heavy atom. The highest BCUT2D eigenvalue weighted by Gasteiger charge is 2.08. The summed E-state index contributed by atoms with van der Waals surface area (Å²) in [5, 5.41) is 19.2. The van der Waals surface area contributed by atoms with Gasteiger partial charge in [-0.2, -0.15) is 5.26 Å². The van der Waals surface area contributed by atoms with Gasteiger partial charge in [-0.15, -0.1) is 0 Å². The lowest BCUT2D eigenvalue weighted by atomic mass is 10.2. The molecule has 0 bridgehead atoms. The summed E-state index contributed by atoms with van der Waals surface area (Å²) in [5.41, 5.74) is 0.398. The van der Waals surface area contributed by atoms with Gasteiger partial charge in [-0.05, 0) is 36.4 Å². The Morgan fingerprint density at radius 3 is 2.23 bits per heavy atom. The number of benzene rings is 2. The third kappa shape index (κ3) is 4.05. The van der Waals surface area contributed by atoms with Crippen molar-refractivity contribution in [1.82, 2.24) is 0 Å². The Labute approximate surface area is 125 Å². The van der Waals surface area contributed by atoms with Crippen LogP contribution in [0.1, 0.15) is 5.56 Å². The lowest BCUT2D eigenvalue weighted by Crippen LogP contribution is -2.17. The zero-order valence-electron chi connectivity index (χ0n) is 11.3. The molecule has 2 aromatic rings. The van der Waals surface area contributed by atoms with Crippen molar-refractivity contribution in [2.75, 3.05) is 6.61 Å². The fourth-order valence-corrected chi connectivity index (χ4v) is 1.56. The van der Waals surface area contributed by atoms with Gasteiger partial charge in [0.25, 0.3) is 5.69 Å². The van der Waals surface area contributed by atoms with Crippen LogP contribution in [-0.4, -0.2) is 17.5 Å². The van der Waals surface area contributed by atoms with E-state index in [-0.39, 0.29) is 12.3 Å². The van der Waals surface area contributed by atoms with E-state index in [1.54, 1.807) is 0 Å². The van der Waals surface area contributed by atoms with Crippen molar-refractivity contribution < 1.29 is 19.2 Å². The van der Waals surface area contributed by atoms with Gasteiger partial charge in [-0.1, -0.05) is 0 Å². The molecule has 0 aromatic heterocycles. The second-order valence-corrected chi connectivity index (χ2v) is 4.15. The molecule has 0 heterocycles. The van der Waals surface area contributed by atoms with E-state index >= 15 is 0 Å². The predicted octanol–water partition coefficient (Wildman–Crippen LogP) is 2.45. The summed E-state index contributed by atoms with van der Waals surface area (Å²) in [6.45, 7) is -0.336. The molecule has 0 unspecified atom stereocenters. The highest BCUT2D eigenvalue weighted by Crippen LogP contribution is 2.17. The number of carbonyl (C=O) groups is 1. The minimum Gasteiger partial charge on any atom is -0.482 e. The van der Waals surface area contributed by atoms with Crippen LogP contribution in [0, 0.1) is 21.4 Å². The highest BCUT2D eigenvalue weighted by molar-refractivity contribution is 5.74. The van der Waals surface area contributed by atoms with Crippen LogP contribution in [-0.2, 0) is 4.79 Å². The standard InChI is InChI=1S/C15H10N2O5/c16-9-11-1-5-14(6-2-11)22-15(18)10-21-13-7-3-12(4-8-13)17(19)20/h1-8H,10H2.